The molecule has 2 heterocycles. The van der Waals surface area contributed by atoms with Gasteiger partial charge >= 0.3 is 5.69 Å². The summed E-state index contributed by atoms with van der Waals surface area (Å²) in [4.78, 5) is 27.2. The molecule has 0 radical (unpaired) electrons. The molecule has 1 saturated heterocycles. The summed E-state index contributed by atoms with van der Waals surface area (Å²) < 4.78 is 25.9. The molecule has 4 atom stereocenters. The molecule has 9 heteroatoms. The van der Waals surface area contributed by atoms with E-state index in [9.17, 15) is 14.7 Å². The van der Waals surface area contributed by atoms with E-state index < -0.39 is 41.4 Å². The standard InChI is InChI=1S/C31H32N2O7/c1-20-18-33(30(36)32-28(20)35)29-27(38-3)26(25(19-34)39-29)40-31(21-10-6-4-7-11-21,22-12-8-5-9-13-22)23-14-16-24(37-2)17-15-23/h4-18,25-27,29,34H,19H2,1-3H3,(H,32,35,36)/t25-,26-,27-,29-/m1/s1. The summed E-state index contributed by atoms with van der Waals surface area (Å²) in [6.07, 6.45) is -2.03. The van der Waals surface area contributed by atoms with E-state index in [1.165, 1.54) is 17.9 Å². The van der Waals surface area contributed by atoms with Crippen molar-refractivity contribution in [3.05, 3.63) is 134 Å². The topological polar surface area (TPSA) is 112 Å². The molecule has 9 nitrogen and oxygen atoms in total. The molecule has 1 aliphatic heterocycles. The van der Waals surface area contributed by atoms with E-state index in [-0.39, 0.29) is 6.61 Å². The Morgan fingerprint density at radius 1 is 0.875 bits per heavy atom. The van der Waals surface area contributed by atoms with Crippen molar-refractivity contribution in [2.75, 3.05) is 20.8 Å². The average molecular weight is 545 g/mol. The van der Waals surface area contributed by atoms with Crippen LogP contribution in [0, 0.1) is 6.92 Å². The van der Waals surface area contributed by atoms with Crippen LogP contribution in [0.2, 0.25) is 0 Å². The lowest BCUT2D eigenvalue weighted by Gasteiger charge is -2.40. The number of aliphatic hydroxyl groups is 1. The van der Waals surface area contributed by atoms with Crippen LogP contribution in [0.4, 0.5) is 0 Å². The Kier molecular flexibility index (Phi) is 7.99. The number of benzene rings is 3. The highest BCUT2D eigenvalue weighted by Crippen LogP contribution is 2.45. The first kappa shape index (κ1) is 27.5. The van der Waals surface area contributed by atoms with Crippen LogP contribution in [0.1, 0.15) is 28.5 Å². The fourth-order valence-corrected chi connectivity index (χ4v) is 5.33. The maximum absolute atomic E-state index is 12.8. The maximum Gasteiger partial charge on any atom is 0.330 e. The van der Waals surface area contributed by atoms with Crippen LogP contribution in [0.15, 0.2) is 101 Å². The van der Waals surface area contributed by atoms with Crippen LogP contribution in [0.25, 0.3) is 0 Å². The van der Waals surface area contributed by atoms with Crippen molar-refractivity contribution in [2.24, 2.45) is 0 Å². The van der Waals surface area contributed by atoms with Crippen LogP contribution >= 0.6 is 0 Å². The molecule has 0 aliphatic carbocycles. The normalized spacial score (nSPS) is 20.9. The zero-order chi connectivity index (χ0) is 28.3. The first-order chi connectivity index (χ1) is 19.4. The molecule has 5 rings (SSSR count). The molecule has 3 aromatic carbocycles. The van der Waals surface area contributed by atoms with Gasteiger partial charge in [0.2, 0.25) is 0 Å². The minimum Gasteiger partial charge on any atom is -0.497 e. The number of hydrogen-bond acceptors (Lipinski definition) is 7. The van der Waals surface area contributed by atoms with Gasteiger partial charge in [-0.3, -0.25) is 14.3 Å². The third kappa shape index (κ3) is 4.89. The van der Waals surface area contributed by atoms with Crippen molar-refractivity contribution in [2.45, 2.75) is 37.1 Å². The highest BCUT2D eigenvalue weighted by Gasteiger charge is 2.52. The van der Waals surface area contributed by atoms with Gasteiger partial charge in [-0.1, -0.05) is 72.8 Å². The van der Waals surface area contributed by atoms with Gasteiger partial charge in [0, 0.05) is 18.9 Å². The molecule has 2 N–H and O–H groups in total. The number of aryl methyl sites for hydroxylation is 1. The number of aromatic nitrogens is 2. The Morgan fingerprint density at radius 2 is 1.45 bits per heavy atom. The third-order valence-corrected chi connectivity index (χ3v) is 7.33. The third-order valence-electron chi connectivity index (χ3n) is 7.33. The zero-order valence-electron chi connectivity index (χ0n) is 22.5. The summed E-state index contributed by atoms with van der Waals surface area (Å²) in [5.41, 5.74) is 0.561. The monoisotopic (exact) mass is 544 g/mol. The number of nitrogens with zero attached hydrogens (tertiary/aromatic N) is 1. The van der Waals surface area contributed by atoms with Crippen LogP contribution in [0.5, 0.6) is 5.75 Å². The second-order valence-corrected chi connectivity index (χ2v) is 9.65. The molecular weight excluding hydrogens is 512 g/mol. The van der Waals surface area contributed by atoms with E-state index in [0.717, 1.165) is 16.7 Å². The Hall–Kier alpha value is -4.02. The Balaban J connectivity index is 1.69. The maximum atomic E-state index is 12.8. The van der Waals surface area contributed by atoms with Gasteiger partial charge in [-0.2, -0.15) is 0 Å². The van der Waals surface area contributed by atoms with Crippen LogP contribution < -0.4 is 16.0 Å². The van der Waals surface area contributed by atoms with Crippen LogP contribution in [0.3, 0.4) is 0 Å². The average Bonchev–Trinajstić information content (AvgIpc) is 3.35. The number of aliphatic hydroxyl groups excluding tert-OH is 1. The number of hydrogen-bond donors (Lipinski definition) is 2. The van der Waals surface area contributed by atoms with Crippen molar-refractivity contribution in [1.82, 2.24) is 9.55 Å². The Bertz CT molecular complexity index is 1490. The second kappa shape index (κ2) is 11.6. The van der Waals surface area contributed by atoms with Gasteiger partial charge in [-0.05, 0) is 35.7 Å². The summed E-state index contributed by atoms with van der Waals surface area (Å²) in [5.74, 6) is 0.693. The van der Waals surface area contributed by atoms with E-state index in [2.05, 4.69) is 4.98 Å². The van der Waals surface area contributed by atoms with Gasteiger partial charge in [0.1, 0.15) is 29.7 Å². The van der Waals surface area contributed by atoms with Gasteiger partial charge in [-0.25, -0.2) is 4.79 Å². The van der Waals surface area contributed by atoms with E-state index in [1.54, 1.807) is 14.0 Å². The van der Waals surface area contributed by atoms with Crippen molar-refractivity contribution in [1.29, 1.82) is 0 Å². The summed E-state index contributed by atoms with van der Waals surface area (Å²) in [5, 5.41) is 10.4. The van der Waals surface area contributed by atoms with Gasteiger partial charge in [0.05, 0.1) is 13.7 Å². The molecule has 1 fully saturated rings. The quantitative estimate of drug-likeness (QED) is 0.312. The minimum absolute atomic E-state index is 0.337. The van der Waals surface area contributed by atoms with Crippen molar-refractivity contribution >= 4 is 0 Å². The van der Waals surface area contributed by atoms with E-state index >= 15 is 0 Å². The van der Waals surface area contributed by atoms with Crippen molar-refractivity contribution in [3.63, 3.8) is 0 Å². The lowest BCUT2D eigenvalue weighted by molar-refractivity contribution is -0.118. The molecule has 4 aromatic rings. The highest BCUT2D eigenvalue weighted by atomic mass is 16.6. The number of H-pyrrole nitrogens is 1. The summed E-state index contributed by atoms with van der Waals surface area (Å²) in [6, 6.07) is 27.2. The van der Waals surface area contributed by atoms with Crippen molar-refractivity contribution in [3.8, 4) is 5.75 Å². The number of aromatic amines is 1. The van der Waals surface area contributed by atoms with Crippen LogP contribution in [-0.4, -0.2) is 53.8 Å². The molecule has 0 unspecified atom stereocenters. The van der Waals surface area contributed by atoms with Gasteiger partial charge < -0.3 is 24.1 Å². The lowest BCUT2D eigenvalue weighted by atomic mass is 9.79. The van der Waals surface area contributed by atoms with Gasteiger partial charge in [-0.15, -0.1) is 0 Å². The Labute approximate surface area is 231 Å². The molecule has 208 valence electrons. The molecule has 40 heavy (non-hydrogen) atoms. The molecule has 0 bridgehead atoms. The predicted molar refractivity (Wildman–Crippen MR) is 148 cm³/mol. The molecule has 0 saturated carbocycles. The molecule has 0 amide bonds. The lowest BCUT2D eigenvalue weighted by Crippen LogP contribution is -2.46. The first-order valence-corrected chi connectivity index (χ1v) is 13.0. The van der Waals surface area contributed by atoms with Gasteiger partial charge in [0.15, 0.2) is 6.23 Å². The summed E-state index contributed by atoms with van der Waals surface area (Å²) in [7, 11) is 3.11. The number of methoxy groups -OCH3 is 2. The second-order valence-electron chi connectivity index (χ2n) is 9.65. The fourth-order valence-electron chi connectivity index (χ4n) is 5.33. The number of rotatable bonds is 9. The molecule has 1 aliphatic rings. The smallest absolute Gasteiger partial charge is 0.330 e. The van der Waals surface area contributed by atoms with Crippen molar-refractivity contribution < 1.29 is 24.1 Å². The van der Waals surface area contributed by atoms with E-state index in [1.807, 2.05) is 84.9 Å². The highest BCUT2D eigenvalue weighted by molar-refractivity contribution is 5.48. The predicted octanol–water partition coefficient (Wildman–Crippen LogP) is 3.14. The number of ether oxygens (including phenoxy) is 4. The molecule has 0 spiro atoms. The van der Waals surface area contributed by atoms with E-state index in [0.29, 0.717) is 11.3 Å². The minimum atomic E-state index is -1.16. The van der Waals surface area contributed by atoms with Gasteiger partial charge in [0.25, 0.3) is 5.56 Å². The van der Waals surface area contributed by atoms with Crippen LogP contribution in [-0.2, 0) is 19.8 Å². The largest absolute Gasteiger partial charge is 0.497 e. The molecule has 1 aromatic heterocycles. The zero-order valence-corrected chi connectivity index (χ0v) is 22.5. The summed E-state index contributed by atoms with van der Waals surface area (Å²) in [6.45, 7) is 1.21. The fraction of sp³-hybridized carbons (Fsp3) is 0.290. The summed E-state index contributed by atoms with van der Waals surface area (Å²) >= 11 is 0. The molecular formula is C31H32N2O7. The number of nitrogens with one attached hydrogen (secondary N) is 1. The SMILES string of the molecule is COc1ccc(C(O[C@H]2[C@@H](OC)[C@H](n3cc(C)c(=O)[nH]c3=O)O[C@@H]2CO)(c2ccccc2)c2ccccc2)cc1. The van der Waals surface area contributed by atoms with E-state index in [4.69, 9.17) is 18.9 Å². The Morgan fingerprint density at radius 3 is 1.98 bits per heavy atom. The first-order valence-electron chi connectivity index (χ1n) is 13.0.